The SMILES string of the molecule is CNc1ncc(Cl)cc1-c1nc(C2NOC(=O)N2)cc2nc(N3CCO[C@@H]4CCC[C@H]43)n(CC3CCC(C)CC3)c12. The maximum absolute atomic E-state index is 11.9. The van der Waals surface area contributed by atoms with Crippen LogP contribution >= 0.6 is 11.6 Å². The molecule has 7 rings (SSSR count). The summed E-state index contributed by atoms with van der Waals surface area (Å²) in [6, 6.07) is 4.16. The van der Waals surface area contributed by atoms with Crippen molar-refractivity contribution in [3.8, 4) is 11.3 Å². The molecule has 1 unspecified atom stereocenters. The fourth-order valence-electron chi connectivity index (χ4n) is 7.08. The number of halogens is 1. The zero-order valence-electron chi connectivity index (χ0n) is 23.5. The number of hydroxylamine groups is 1. The molecule has 11 nitrogen and oxygen atoms in total. The highest BCUT2D eigenvalue weighted by Gasteiger charge is 2.39. The minimum Gasteiger partial charge on any atom is -0.374 e. The van der Waals surface area contributed by atoms with Crippen molar-refractivity contribution in [2.24, 2.45) is 11.8 Å². The van der Waals surface area contributed by atoms with Gasteiger partial charge in [-0.15, -0.1) is 5.48 Å². The van der Waals surface area contributed by atoms with E-state index in [1.807, 2.05) is 19.2 Å². The number of ether oxygens (including phenoxy) is 1. The number of carbonyl (C=O) groups is 1. The third-order valence-corrected chi connectivity index (χ3v) is 9.42. The lowest BCUT2D eigenvalue weighted by atomic mass is 9.83. The van der Waals surface area contributed by atoms with Crippen molar-refractivity contribution >= 4 is 40.5 Å². The summed E-state index contributed by atoms with van der Waals surface area (Å²) >= 11 is 6.51. The van der Waals surface area contributed by atoms with Gasteiger partial charge in [0.25, 0.3) is 0 Å². The van der Waals surface area contributed by atoms with E-state index < -0.39 is 12.3 Å². The van der Waals surface area contributed by atoms with Crippen LogP contribution in [0.25, 0.3) is 22.3 Å². The second-order valence-electron chi connectivity index (χ2n) is 11.9. The molecule has 218 valence electrons. The summed E-state index contributed by atoms with van der Waals surface area (Å²) in [7, 11) is 1.84. The lowest BCUT2D eigenvalue weighted by Crippen LogP contribution is -2.49. The lowest BCUT2D eigenvalue weighted by molar-refractivity contribution is 0.0247. The van der Waals surface area contributed by atoms with Gasteiger partial charge < -0.3 is 24.4 Å². The Morgan fingerprint density at radius 3 is 2.78 bits per heavy atom. The first kappa shape index (κ1) is 26.7. The quantitative estimate of drug-likeness (QED) is 0.369. The monoisotopic (exact) mass is 580 g/mol. The predicted octanol–water partition coefficient (Wildman–Crippen LogP) is 5.02. The largest absolute Gasteiger partial charge is 0.427 e. The van der Waals surface area contributed by atoms with E-state index in [9.17, 15) is 4.79 Å². The van der Waals surface area contributed by atoms with Gasteiger partial charge in [-0.05, 0) is 56.1 Å². The third kappa shape index (κ3) is 4.97. The summed E-state index contributed by atoms with van der Waals surface area (Å²) in [5.41, 5.74) is 6.62. The molecule has 2 saturated heterocycles. The first-order valence-electron chi connectivity index (χ1n) is 14.8. The Morgan fingerprint density at radius 2 is 2.00 bits per heavy atom. The molecule has 3 atom stereocenters. The van der Waals surface area contributed by atoms with Crippen LogP contribution in [0.5, 0.6) is 0 Å². The molecule has 0 radical (unpaired) electrons. The lowest BCUT2D eigenvalue weighted by Gasteiger charge is -2.39. The number of morpholine rings is 1. The molecule has 1 amide bonds. The minimum atomic E-state index is -0.605. The van der Waals surface area contributed by atoms with Crippen LogP contribution in [0.4, 0.5) is 16.6 Å². The number of anilines is 2. The molecule has 0 bridgehead atoms. The van der Waals surface area contributed by atoms with Crippen LogP contribution < -0.4 is 21.0 Å². The molecule has 12 heteroatoms. The number of hydrogen-bond donors (Lipinski definition) is 3. The van der Waals surface area contributed by atoms with Crippen molar-refractivity contribution in [2.75, 3.05) is 30.4 Å². The van der Waals surface area contributed by atoms with Crippen molar-refractivity contribution in [1.82, 2.24) is 30.3 Å². The van der Waals surface area contributed by atoms with Crippen LogP contribution in [0.3, 0.4) is 0 Å². The number of pyridine rings is 2. The van der Waals surface area contributed by atoms with Crippen molar-refractivity contribution < 1.29 is 14.4 Å². The van der Waals surface area contributed by atoms with E-state index in [-0.39, 0.29) is 6.10 Å². The zero-order valence-corrected chi connectivity index (χ0v) is 24.3. The van der Waals surface area contributed by atoms with Gasteiger partial charge in [-0.25, -0.2) is 19.7 Å². The maximum atomic E-state index is 11.9. The molecule has 41 heavy (non-hydrogen) atoms. The molecule has 4 fully saturated rings. The number of imidazole rings is 1. The number of nitrogens with one attached hydrogen (secondary N) is 3. The maximum Gasteiger partial charge on any atom is 0.427 e. The van der Waals surface area contributed by atoms with E-state index in [4.69, 9.17) is 31.1 Å². The summed E-state index contributed by atoms with van der Waals surface area (Å²) in [4.78, 5) is 34.4. The Morgan fingerprint density at radius 1 is 1.15 bits per heavy atom. The van der Waals surface area contributed by atoms with Gasteiger partial charge in [-0.1, -0.05) is 31.4 Å². The molecule has 2 saturated carbocycles. The Labute approximate surface area is 244 Å². The minimum absolute atomic E-state index is 0.240. The fourth-order valence-corrected chi connectivity index (χ4v) is 7.24. The molecule has 2 aliphatic heterocycles. The highest BCUT2D eigenvalue weighted by molar-refractivity contribution is 6.30. The molecule has 0 aromatic carbocycles. The molecule has 3 N–H and O–H groups in total. The van der Waals surface area contributed by atoms with Gasteiger partial charge in [-0.3, -0.25) is 5.32 Å². The molecular weight excluding hydrogens is 544 g/mol. The number of aromatic nitrogens is 4. The second-order valence-corrected chi connectivity index (χ2v) is 12.3. The molecule has 0 spiro atoms. The van der Waals surface area contributed by atoms with Crippen molar-refractivity contribution in [3.05, 3.63) is 29.0 Å². The summed E-state index contributed by atoms with van der Waals surface area (Å²) < 4.78 is 8.58. The number of fused-ring (bicyclic) bond motifs is 2. The summed E-state index contributed by atoms with van der Waals surface area (Å²) in [5.74, 6) is 2.97. The van der Waals surface area contributed by atoms with E-state index in [0.717, 1.165) is 66.5 Å². The van der Waals surface area contributed by atoms with Gasteiger partial charge in [0.2, 0.25) is 5.95 Å². The summed E-state index contributed by atoms with van der Waals surface area (Å²) in [6.07, 6.45) is 8.97. The molecule has 3 aromatic heterocycles. The van der Waals surface area contributed by atoms with Crippen LogP contribution in [0.15, 0.2) is 18.3 Å². The third-order valence-electron chi connectivity index (χ3n) is 9.21. The first-order chi connectivity index (χ1) is 20.0. The molecule has 2 aliphatic carbocycles. The second kappa shape index (κ2) is 10.9. The Hall–Kier alpha value is -3.15. The fraction of sp³-hybridized carbons (Fsp3) is 0.586. The molecule has 4 aliphatic rings. The van der Waals surface area contributed by atoms with Crippen LogP contribution in [0.1, 0.15) is 63.7 Å². The van der Waals surface area contributed by atoms with Crippen molar-refractivity contribution in [2.45, 2.75) is 76.7 Å². The standard InChI is InChI=1S/C29H37ClN8O3/c1-16-6-8-17(9-7-16)15-38-25-20(34-28(38)37-10-11-40-23-5-3-4-22(23)37)13-21(27-35-29(39)41-36-27)33-24(25)19-12-18(30)14-32-26(19)31-2/h12-14,16-17,22-23,27,36H,3-11,15H2,1-2H3,(H,31,32)(H,35,39)/t16?,17?,22-,23-,27?/m1/s1. The number of nitrogens with zero attached hydrogens (tertiary/aromatic N) is 5. The Bertz CT molecular complexity index is 1460. The van der Waals surface area contributed by atoms with Crippen molar-refractivity contribution in [3.63, 3.8) is 0 Å². The van der Waals surface area contributed by atoms with Crippen LogP contribution in [0.2, 0.25) is 5.02 Å². The average Bonchev–Trinajstić information content (AvgIpc) is 3.72. The zero-order chi connectivity index (χ0) is 28.1. The predicted molar refractivity (Wildman–Crippen MR) is 157 cm³/mol. The number of hydrogen-bond acceptors (Lipinski definition) is 9. The topological polar surface area (TPSA) is 118 Å². The highest BCUT2D eigenvalue weighted by atomic mass is 35.5. The van der Waals surface area contributed by atoms with Gasteiger partial charge in [0.05, 0.1) is 40.5 Å². The molecule has 3 aromatic rings. The number of rotatable bonds is 6. The van der Waals surface area contributed by atoms with E-state index in [1.54, 1.807) is 6.20 Å². The van der Waals surface area contributed by atoms with Gasteiger partial charge in [0.15, 0.2) is 6.17 Å². The van der Waals surface area contributed by atoms with E-state index in [2.05, 4.69) is 37.5 Å². The van der Waals surface area contributed by atoms with Gasteiger partial charge >= 0.3 is 6.09 Å². The summed E-state index contributed by atoms with van der Waals surface area (Å²) in [6.45, 7) is 4.72. The Balaban J connectivity index is 1.44. The molecular formula is C29H37ClN8O3. The summed E-state index contributed by atoms with van der Waals surface area (Å²) in [5, 5.41) is 6.51. The van der Waals surface area contributed by atoms with E-state index >= 15 is 0 Å². The number of amides is 1. The van der Waals surface area contributed by atoms with Crippen molar-refractivity contribution in [1.29, 1.82) is 0 Å². The van der Waals surface area contributed by atoms with Crippen LogP contribution in [0, 0.1) is 11.8 Å². The van der Waals surface area contributed by atoms with Gasteiger partial charge in [-0.2, -0.15) is 0 Å². The normalized spacial score (nSPS) is 28.0. The molecule has 5 heterocycles. The average molecular weight is 581 g/mol. The Kier molecular flexibility index (Phi) is 7.12. The smallest absolute Gasteiger partial charge is 0.374 e. The van der Waals surface area contributed by atoms with Crippen LogP contribution in [-0.2, 0) is 16.1 Å². The van der Waals surface area contributed by atoms with Gasteiger partial charge in [0, 0.05) is 31.9 Å². The van der Waals surface area contributed by atoms with Crippen LogP contribution in [-0.4, -0.2) is 58.0 Å². The van der Waals surface area contributed by atoms with E-state index in [0.29, 0.717) is 35.1 Å². The number of carbonyl (C=O) groups excluding carboxylic acids is 1. The van der Waals surface area contributed by atoms with E-state index in [1.165, 1.54) is 25.7 Å². The first-order valence-corrected chi connectivity index (χ1v) is 15.2. The van der Waals surface area contributed by atoms with Gasteiger partial charge in [0.1, 0.15) is 11.5 Å². The highest BCUT2D eigenvalue weighted by Crippen LogP contribution is 2.41.